The minimum absolute atomic E-state index is 0.0102. The first-order valence-corrected chi connectivity index (χ1v) is 11.3. The number of anilines is 1. The van der Waals surface area contributed by atoms with Crippen LogP contribution in [0.3, 0.4) is 0 Å². The molecule has 11 nitrogen and oxygen atoms in total. The van der Waals surface area contributed by atoms with Gasteiger partial charge in [0, 0.05) is 32.7 Å². The number of piperazine rings is 1. The maximum Gasteiger partial charge on any atom is 0.403 e. The van der Waals surface area contributed by atoms with Crippen LogP contribution in [0.1, 0.15) is 25.3 Å². The van der Waals surface area contributed by atoms with Crippen LogP contribution in [0, 0.1) is 17.2 Å². The lowest BCUT2D eigenvalue weighted by atomic mass is 9.99. The number of hydrazine groups is 1. The van der Waals surface area contributed by atoms with E-state index >= 15 is 0 Å². The summed E-state index contributed by atoms with van der Waals surface area (Å²) >= 11 is 0. The number of amides is 2. The molecule has 0 aromatic carbocycles. The number of nitrogens with one attached hydrogen (secondary N) is 2. The van der Waals surface area contributed by atoms with Crippen molar-refractivity contribution in [2.45, 2.75) is 38.1 Å². The quantitative estimate of drug-likeness (QED) is 0.463. The van der Waals surface area contributed by atoms with Gasteiger partial charge in [-0.3, -0.25) is 15.0 Å². The third-order valence-electron chi connectivity index (χ3n) is 5.79. The highest BCUT2D eigenvalue weighted by atomic mass is 19.4. The number of carbonyl (C=O) groups excluding carboxylic acids is 2. The highest BCUT2D eigenvalue weighted by Crippen LogP contribution is 2.32. The van der Waals surface area contributed by atoms with Gasteiger partial charge in [0.05, 0.1) is 49.8 Å². The predicted octanol–water partition coefficient (Wildman–Crippen LogP) is 0.380. The van der Waals surface area contributed by atoms with E-state index in [1.807, 2.05) is 16.4 Å². The number of hydrogen-bond donors (Lipinski definition) is 2. The fourth-order valence-corrected chi connectivity index (χ4v) is 3.82. The Balaban J connectivity index is 1.38. The monoisotopic (exact) mass is 499 g/mol. The van der Waals surface area contributed by atoms with Gasteiger partial charge < -0.3 is 19.3 Å². The Morgan fingerprint density at radius 3 is 2.57 bits per heavy atom. The van der Waals surface area contributed by atoms with Gasteiger partial charge >= 0.3 is 6.18 Å². The van der Waals surface area contributed by atoms with Gasteiger partial charge in [-0.2, -0.15) is 18.4 Å². The fraction of sp³-hybridized carbons (Fsp3) is 0.667. The van der Waals surface area contributed by atoms with E-state index in [2.05, 4.69) is 15.4 Å². The minimum atomic E-state index is -4.72. The molecule has 2 fully saturated rings. The standard InChI is InChI=1S/C21H28F3N7O4/c1-2-15(35-16-12-28-29-19(33)18(16)21(22,23)24)13-34-8-3-17(32)30-4-6-31(7-5-30)20-26-10-14(9-25)11-27-20/h10-11,15-16,18,28H,2-8,12-13H2,1H3,(H,29,33)/t15-,16?,18?/m0/s1. The Kier molecular flexibility index (Phi) is 9.19. The molecule has 0 spiro atoms. The van der Waals surface area contributed by atoms with E-state index in [0.717, 1.165) is 0 Å². The van der Waals surface area contributed by atoms with Crippen LogP contribution < -0.4 is 15.8 Å². The van der Waals surface area contributed by atoms with Crippen LogP contribution in [0.25, 0.3) is 0 Å². The molecule has 3 rings (SSSR count). The lowest BCUT2D eigenvalue weighted by molar-refractivity contribution is -0.220. The molecule has 0 aliphatic carbocycles. The summed E-state index contributed by atoms with van der Waals surface area (Å²) < 4.78 is 50.8. The van der Waals surface area contributed by atoms with Gasteiger partial charge in [0.25, 0.3) is 0 Å². The number of halogens is 3. The molecule has 35 heavy (non-hydrogen) atoms. The summed E-state index contributed by atoms with van der Waals surface area (Å²) in [6.45, 7) is 3.75. The lowest BCUT2D eigenvalue weighted by Gasteiger charge is -2.35. The number of aromatic nitrogens is 2. The van der Waals surface area contributed by atoms with E-state index in [-0.39, 0.29) is 32.1 Å². The van der Waals surface area contributed by atoms with Crippen LogP contribution >= 0.6 is 0 Å². The van der Waals surface area contributed by atoms with Gasteiger partial charge in [0.2, 0.25) is 17.8 Å². The number of ether oxygens (including phenoxy) is 2. The third kappa shape index (κ3) is 7.23. The highest BCUT2D eigenvalue weighted by molar-refractivity contribution is 5.80. The van der Waals surface area contributed by atoms with Crippen LogP contribution in [-0.4, -0.2) is 91.0 Å². The van der Waals surface area contributed by atoms with E-state index in [0.29, 0.717) is 44.1 Å². The molecule has 3 atom stereocenters. The first-order valence-electron chi connectivity index (χ1n) is 11.3. The van der Waals surface area contributed by atoms with Crippen molar-refractivity contribution in [2.75, 3.05) is 50.8 Å². The summed E-state index contributed by atoms with van der Waals surface area (Å²) in [5.41, 5.74) is 4.78. The first kappa shape index (κ1) is 26.6. The van der Waals surface area contributed by atoms with Crippen molar-refractivity contribution in [1.29, 1.82) is 5.26 Å². The molecule has 2 aliphatic heterocycles. The second-order valence-electron chi connectivity index (χ2n) is 8.17. The summed E-state index contributed by atoms with van der Waals surface area (Å²) in [5, 5.41) is 8.83. The van der Waals surface area contributed by atoms with Crippen LogP contribution in [0.2, 0.25) is 0 Å². The molecule has 2 saturated heterocycles. The number of rotatable bonds is 9. The minimum Gasteiger partial charge on any atom is -0.378 e. The second kappa shape index (κ2) is 12.1. The van der Waals surface area contributed by atoms with Gasteiger partial charge in [-0.05, 0) is 6.42 Å². The maximum absolute atomic E-state index is 13.3. The number of hydrogen-bond acceptors (Lipinski definition) is 9. The van der Waals surface area contributed by atoms with Crippen molar-refractivity contribution in [3.8, 4) is 6.07 Å². The summed E-state index contributed by atoms with van der Waals surface area (Å²) in [7, 11) is 0. The molecule has 2 unspecified atom stereocenters. The molecule has 0 bridgehead atoms. The van der Waals surface area contributed by atoms with Crippen molar-refractivity contribution in [1.82, 2.24) is 25.7 Å². The molecule has 2 N–H and O–H groups in total. The first-order chi connectivity index (χ1) is 16.7. The molecule has 2 amide bonds. The Morgan fingerprint density at radius 2 is 1.97 bits per heavy atom. The Bertz CT molecular complexity index is 902. The van der Waals surface area contributed by atoms with Gasteiger partial charge in [-0.25, -0.2) is 15.4 Å². The fourth-order valence-electron chi connectivity index (χ4n) is 3.82. The van der Waals surface area contributed by atoms with E-state index in [1.165, 1.54) is 12.4 Å². The summed E-state index contributed by atoms with van der Waals surface area (Å²) in [6.07, 6.45) is -3.32. The van der Waals surface area contributed by atoms with Crippen LogP contribution in [0.4, 0.5) is 19.1 Å². The molecular weight excluding hydrogens is 471 g/mol. The Hall–Kier alpha value is -3.02. The van der Waals surface area contributed by atoms with Gasteiger partial charge in [0.1, 0.15) is 6.07 Å². The number of alkyl halides is 3. The topological polar surface area (TPSA) is 133 Å². The molecular formula is C21H28F3N7O4. The van der Waals surface area contributed by atoms with Crippen LogP contribution in [0.5, 0.6) is 0 Å². The summed E-state index contributed by atoms with van der Waals surface area (Å²) in [6, 6.07) is 1.96. The second-order valence-corrected chi connectivity index (χ2v) is 8.17. The average molecular weight is 499 g/mol. The zero-order chi connectivity index (χ0) is 25.4. The lowest BCUT2D eigenvalue weighted by Crippen LogP contribution is -2.61. The van der Waals surface area contributed by atoms with Gasteiger partial charge in [-0.1, -0.05) is 6.92 Å². The van der Waals surface area contributed by atoms with Crippen LogP contribution in [0.15, 0.2) is 12.4 Å². The van der Waals surface area contributed by atoms with Crippen LogP contribution in [-0.2, 0) is 19.1 Å². The maximum atomic E-state index is 13.3. The SMILES string of the molecule is CC[C@@H](COCCC(=O)N1CCN(c2ncc(C#N)cn2)CC1)OC1CNNC(=O)C1C(F)(F)F. The molecule has 0 saturated carbocycles. The van der Waals surface area contributed by atoms with Crippen molar-refractivity contribution in [3.05, 3.63) is 18.0 Å². The van der Waals surface area contributed by atoms with Gasteiger partial charge in [-0.15, -0.1) is 0 Å². The van der Waals surface area contributed by atoms with Crippen molar-refractivity contribution in [2.24, 2.45) is 5.92 Å². The Morgan fingerprint density at radius 1 is 1.29 bits per heavy atom. The summed E-state index contributed by atoms with van der Waals surface area (Å²) in [5.74, 6) is -3.03. The summed E-state index contributed by atoms with van der Waals surface area (Å²) in [4.78, 5) is 36.1. The van der Waals surface area contributed by atoms with E-state index in [1.54, 1.807) is 11.8 Å². The van der Waals surface area contributed by atoms with Crippen molar-refractivity contribution < 1.29 is 32.2 Å². The molecule has 2 aliphatic rings. The highest BCUT2D eigenvalue weighted by Gasteiger charge is 2.52. The third-order valence-corrected chi connectivity index (χ3v) is 5.79. The van der Waals surface area contributed by atoms with Crippen molar-refractivity contribution >= 4 is 17.8 Å². The molecule has 192 valence electrons. The molecule has 0 radical (unpaired) electrons. The largest absolute Gasteiger partial charge is 0.403 e. The predicted molar refractivity (Wildman–Crippen MR) is 116 cm³/mol. The Labute approximate surface area is 200 Å². The van der Waals surface area contributed by atoms with E-state index in [4.69, 9.17) is 14.7 Å². The smallest absolute Gasteiger partial charge is 0.378 e. The van der Waals surface area contributed by atoms with Crippen molar-refractivity contribution in [3.63, 3.8) is 0 Å². The molecule has 14 heteroatoms. The molecule has 1 aromatic rings. The normalized spacial score (nSPS) is 21.9. The van der Waals surface area contributed by atoms with Gasteiger partial charge in [0.15, 0.2) is 5.92 Å². The molecule has 3 heterocycles. The zero-order valence-corrected chi connectivity index (χ0v) is 19.3. The number of nitrogens with zero attached hydrogens (tertiary/aromatic N) is 5. The zero-order valence-electron chi connectivity index (χ0n) is 19.3. The molecule has 1 aromatic heterocycles. The average Bonchev–Trinajstić information content (AvgIpc) is 2.85. The van der Waals surface area contributed by atoms with E-state index in [9.17, 15) is 22.8 Å². The van der Waals surface area contributed by atoms with E-state index < -0.39 is 30.2 Å². The number of carbonyl (C=O) groups is 2. The number of nitriles is 1.